The Morgan fingerprint density at radius 2 is 1.61 bits per heavy atom. The van der Waals surface area contributed by atoms with Crippen LogP contribution in [0.2, 0.25) is 0 Å². The minimum absolute atomic E-state index is 0.608. The summed E-state index contributed by atoms with van der Waals surface area (Å²) < 4.78 is 5.27. The van der Waals surface area contributed by atoms with E-state index in [1.807, 2.05) is 12.1 Å². The second-order valence-electron chi connectivity index (χ2n) is 9.34. The van der Waals surface area contributed by atoms with Crippen LogP contribution in [0.25, 0.3) is 11.1 Å². The summed E-state index contributed by atoms with van der Waals surface area (Å²) in [6.07, 6.45) is 1.20. The summed E-state index contributed by atoms with van der Waals surface area (Å²) in [7, 11) is 3.95. The van der Waals surface area contributed by atoms with Crippen LogP contribution >= 0.6 is 0 Å². The van der Waals surface area contributed by atoms with Crippen LogP contribution in [0.4, 0.5) is 0 Å². The van der Waals surface area contributed by atoms with Gasteiger partial charge < -0.3 is 9.64 Å². The molecule has 0 aliphatic heterocycles. The molecule has 0 heterocycles. The van der Waals surface area contributed by atoms with Crippen molar-refractivity contribution in [3.05, 3.63) is 89.0 Å². The predicted molar refractivity (Wildman–Crippen MR) is 131 cm³/mol. The average Bonchev–Trinajstić information content (AvgIpc) is 3.02. The van der Waals surface area contributed by atoms with Crippen molar-refractivity contribution < 1.29 is 4.74 Å². The molecular weight excluding hydrogens is 378 g/mol. The maximum Gasteiger partial charge on any atom is 0.118 e. The number of aryl methyl sites for hydroxylation is 1. The molecule has 3 aromatic carbocycles. The fourth-order valence-electron chi connectivity index (χ4n) is 5.13. The predicted octanol–water partition coefficient (Wildman–Crippen LogP) is 7.03. The van der Waals surface area contributed by atoms with E-state index in [1.165, 1.54) is 28.7 Å². The van der Waals surface area contributed by atoms with Gasteiger partial charge in [-0.2, -0.15) is 0 Å². The Balaban J connectivity index is 1.45. The van der Waals surface area contributed by atoms with Crippen LogP contribution in [0.3, 0.4) is 0 Å². The summed E-state index contributed by atoms with van der Waals surface area (Å²) in [5, 5.41) is 0. The van der Waals surface area contributed by atoms with Gasteiger partial charge in [-0.3, -0.25) is 0 Å². The van der Waals surface area contributed by atoms with E-state index in [0.717, 1.165) is 18.8 Å². The molecule has 0 saturated heterocycles. The van der Waals surface area contributed by atoms with Gasteiger partial charge in [0.2, 0.25) is 0 Å². The molecule has 0 radical (unpaired) electrons. The van der Waals surface area contributed by atoms with Gasteiger partial charge in [0.15, 0.2) is 0 Å². The summed E-state index contributed by atoms with van der Waals surface area (Å²) >= 11 is 0. The van der Waals surface area contributed by atoms with E-state index in [2.05, 4.69) is 87.3 Å². The van der Waals surface area contributed by atoms with Gasteiger partial charge in [-0.05, 0) is 84.6 Å². The summed E-state index contributed by atoms with van der Waals surface area (Å²) in [6, 6.07) is 24.4. The zero-order valence-corrected chi connectivity index (χ0v) is 19.6. The average molecular weight is 414 g/mol. The van der Waals surface area contributed by atoms with Gasteiger partial charge in [-0.25, -0.2) is 0 Å². The van der Waals surface area contributed by atoms with Crippen molar-refractivity contribution in [2.45, 2.75) is 45.6 Å². The molecule has 0 spiro atoms. The van der Waals surface area contributed by atoms with Crippen LogP contribution < -0.4 is 4.74 Å². The zero-order valence-electron chi connectivity index (χ0n) is 19.6. The lowest BCUT2D eigenvalue weighted by Crippen LogP contribution is -2.22. The quantitative estimate of drug-likeness (QED) is 0.412. The van der Waals surface area contributed by atoms with E-state index in [4.69, 9.17) is 4.74 Å². The van der Waals surface area contributed by atoms with Gasteiger partial charge in [0.25, 0.3) is 0 Å². The number of methoxy groups -OCH3 is 1. The Morgan fingerprint density at radius 3 is 2.32 bits per heavy atom. The first kappa shape index (κ1) is 21.6. The highest BCUT2D eigenvalue weighted by Crippen LogP contribution is 2.48. The normalized spacial score (nSPS) is 20.1. The lowest BCUT2D eigenvalue weighted by molar-refractivity contribution is 0.292. The number of rotatable bonds is 7. The molecule has 0 saturated carbocycles. The van der Waals surface area contributed by atoms with E-state index >= 15 is 0 Å². The van der Waals surface area contributed by atoms with Gasteiger partial charge in [0.1, 0.15) is 5.75 Å². The first-order chi connectivity index (χ1) is 15.0. The molecule has 2 heteroatoms. The maximum absolute atomic E-state index is 5.27. The molecule has 1 aliphatic carbocycles. The lowest BCUT2D eigenvalue weighted by Gasteiger charge is -2.23. The number of ether oxygens (including phenoxy) is 1. The SMILES string of the molecule is COc1ccc(CN(C)CCC2c3ccc(-c4cccc(C)c4)cc3C(C)[C@H]2C)cc1. The minimum Gasteiger partial charge on any atom is -0.497 e. The van der Waals surface area contributed by atoms with Gasteiger partial charge in [0, 0.05) is 6.54 Å². The number of benzene rings is 3. The molecular formula is C29H35NO. The van der Waals surface area contributed by atoms with Crippen molar-refractivity contribution in [1.82, 2.24) is 4.90 Å². The highest BCUT2D eigenvalue weighted by atomic mass is 16.5. The molecule has 2 unspecified atom stereocenters. The fraction of sp³-hybridized carbons (Fsp3) is 0.379. The third-order valence-electron chi connectivity index (χ3n) is 7.18. The van der Waals surface area contributed by atoms with Crippen LogP contribution in [0.5, 0.6) is 5.75 Å². The van der Waals surface area contributed by atoms with E-state index in [9.17, 15) is 0 Å². The smallest absolute Gasteiger partial charge is 0.118 e. The molecule has 31 heavy (non-hydrogen) atoms. The van der Waals surface area contributed by atoms with Crippen molar-refractivity contribution >= 4 is 0 Å². The molecule has 1 aliphatic rings. The molecule has 0 fully saturated rings. The largest absolute Gasteiger partial charge is 0.497 e. The Hall–Kier alpha value is -2.58. The van der Waals surface area contributed by atoms with Gasteiger partial charge in [-0.15, -0.1) is 0 Å². The topological polar surface area (TPSA) is 12.5 Å². The van der Waals surface area contributed by atoms with Crippen molar-refractivity contribution in [1.29, 1.82) is 0 Å². The summed E-state index contributed by atoms with van der Waals surface area (Å²) in [4.78, 5) is 2.44. The third kappa shape index (κ3) is 4.70. The van der Waals surface area contributed by atoms with E-state index < -0.39 is 0 Å². The molecule has 0 aromatic heterocycles. The Morgan fingerprint density at radius 1 is 0.871 bits per heavy atom. The Bertz CT molecular complexity index is 1020. The van der Waals surface area contributed by atoms with Crippen molar-refractivity contribution in [2.24, 2.45) is 5.92 Å². The van der Waals surface area contributed by atoms with E-state index in [0.29, 0.717) is 17.8 Å². The maximum atomic E-state index is 5.27. The second-order valence-corrected chi connectivity index (χ2v) is 9.34. The molecule has 4 rings (SSSR count). The number of nitrogens with zero attached hydrogens (tertiary/aromatic N) is 1. The lowest BCUT2D eigenvalue weighted by atomic mass is 9.87. The molecule has 3 aromatic rings. The molecule has 3 atom stereocenters. The van der Waals surface area contributed by atoms with Crippen LogP contribution in [-0.2, 0) is 6.54 Å². The van der Waals surface area contributed by atoms with Crippen molar-refractivity contribution in [3.8, 4) is 16.9 Å². The van der Waals surface area contributed by atoms with Crippen LogP contribution in [0.1, 0.15) is 54.4 Å². The Labute approximate surface area is 187 Å². The zero-order chi connectivity index (χ0) is 22.0. The van der Waals surface area contributed by atoms with Crippen LogP contribution in [0.15, 0.2) is 66.7 Å². The standard InChI is InChI=1S/C29H35NO/c1-20-7-6-8-24(17-20)25-11-14-28-27(21(2)22(3)29(28)18-25)15-16-30(4)19-23-9-12-26(31-5)13-10-23/h6-14,17-18,21-22,27H,15-16,19H2,1-5H3/t21-,22?,27?/m1/s1. The summed E-state index contributed by atoms with van der Waals surface area (Å²) in [6.45, 7) is 9.09. The summed E-state index contributed by atoms with van der Waals surface area (Å²) in [5.41, 5.74) is 8.43. The molecule has 0 bridgehead atoms. The fourth-order valence-corrected chi connectivity index (χ4v) is 5.13. The van der Waals surface area contributed by atoms with E-state index in [-0.39, 0.29) is 0 Å². The van der Waals surface area contributed by atoms with Crippen molar-refractivity contribution in [2.75, 3.05) is 20.7 Å². The third-order valence-corrected chi connectivity index (χ3v) is 7.18. The van der Waals surface area contributed by atoms with Gasteiger partial charge in [0.05, 0.1) is 7.11 Å². The van der Waals surface area contributed by atoms with Gasteiger partial charge in [-0.1, -0.05) is 74.0 Å². The Kier molecular flexibility index (Phi) is 6.48. The molecule has 162 valence electrons. The molecule has 2 nitrogen and oxygen atoms in total. The number of fused-ring (bicyclic) bond motifs is 1. The second kappa shape index (κ2) is 9.28. The first-order valence-electron chi connectivity index (χ1n) is 11.5. The minimum atomic E-state index is 0.608. The highest BCUT2D eigenvalue weighted by Gasteiger charge is 2.35. The highest BCUT2D eigenvalue weighted by molar-refractivity contribution is 5.66. The van der Waals surface area contributed by atoms with E-state index in [1.54, 1.807) is 18.2 Å². The van der Waals surface area contributed by atoms with Crippen LogP contribution in [0, 0.1) is 12.8 Å². The molecule has 0 N–H and O–H groups in total. The number of hydrogen-bond donors (Lipinski definition) is 0. The first-order valence-corrected chi connectivity index (χ1v) is 11.5. The monoisotopic (exact) mass is 413 g/mol. The van der Waals surface area contributed by atoms with Crippen LogP contribution in [-0.4, -0.2) is 25.6 Å². The number of hydrogen-bond acceptors (Lipinski definition) is 2. The molecule has 0 amide bonds. The van der Waals surface area contributed by atoms with Crippen molar-refractivity contribution in [3.63, 3.8) is 0 Å². The van der Waals surface area contributed by atoms with Gasteiger partial charge >= 0.3 is 0 Å². The summed E-state index contributed by atoms with van der Waals surface area (Å²) in [5.74, 6) is 2.84.